The zero-order chi connectivity index (χ0) is 15.5. The van der Waals surface area contributed by atoms with Gasteiger partial charge in [-0.25, -0.2) is 0 Å². The van der Waals surface area contributed by atoms with Gasteiger partial charge in [0.2, 0.25) is 5.91 Å². The van der Waals surface area contributed by atoms with Crippen LogP contribution in [0.25, 0.3) is 0 Å². The van der Waals surface area contributed by atoms with Gasteiger partial charge in [0.05, 0.1) is 19.1 Å². The lowest BCUT2D eigenvalue weighted by molar-refractivity contribution is -0.151. The van der Waals surface area contributed by atoms with Crippen LogP contribution in [-0.4, -0.2) is 47.7 Å². The molecule has 1 N–H and O–H groups in total. The predicted octanol–water partition coefficient (Wildman–Crippen LogP) is 2.29. The highest BCUT2D eigenvalue weighted by Crippen LogP contribution is 2.43. The molecule has 3 fully saturated rings. The van der Waals surface area contributed by atoms with Gasteiger partial charge in [0.25, 0.3) is 0 Å². The molecule has 1 aliphatic heterocycles. The molecule has 2 aliphatic carbocycles. The lowest BCUT2D eigenvalue weighted by Crippen LogP contribution is -2.49. The van der Waals surface area contributed by atoms with E-state index >= 15 is 0 Å². The number of amides is 1. The first-order chi connectivity index (χ1) is 10.6. The fraction of sp³-hybridized carbons (Fsp3) is 0.882. The van der Waals surface area contributed by atoms with Crippen molar-refractivity contribution in [2.24, 2.45) is 17.8 Å². The maximum absolute atomic E-state index is 12.8. The molecule has 1 saturated heterocycles. The van der Waals surface area contributed by atoms with Crippen LogP contribution in [0, 0.1) is 17.8 Å². The van der Waals surface area contributed by atoms with Gasteiger partial charge in [-0.15, -0.1) is 0 Å². The van der Waals surface area contributed by atoms with Crippen LogP contribution in [0.3, 0.4) is 0 Å². The molecule has 0 bridgehead atoms. The summed E-state index contributed by atoms with van der Waals surface area (Å²) in [6, 6.07) is 0. The van der Waals surface area contributed by atoms with E-state index in [1.54, 1.807) is 0 Å². The smallest absolute Gasteiger partial charge is 0.306 e. The number of carboxylic acids is 1. The first kappa shape index (κ1) is 15.8. The Hall–Kier alpha value is -1.10. The molecule has 0 aromatic carbocycles. The quantitative estimate of drug-likeness (QED) is 0.868. The van der Waals surface area contributed by atoms with Crippen molar-refractivity contribution in [2.45, 2.75) is 57.5 Å². The summed E-state index contributed by atoms with van der Waals surface area (Å²) in [5, 5.41) is 8.89. The molecular formula is C17H27NO4. The van der Waals surface area contributed by atoms with Crippen molar-refractivity contribution >= 4 is 11.9 Å². The summed E-state index contributed by atoms with van der Waals surface area (Å²) in [7, 11) is 0. The topological polar surface area (TPSA) is 66.8 Å². The Morgan fingerprint density at radius 2 is 1.86 bits per heavy atom. The van der Waals surface area contributed by atoms with Crippen LogP contribution >= 0.6 is 0 Å². The van der Waals surface area contributed by atoms with Gasteiger partial charge >= 0.3 is 5.97 Å². The Morgan fingerprint density at radius 3 is 2.64 bits per heavy atom. The first-order valence-electron chi connectivity index (χ1n) is 8.75. The minimum absolute atomic E-state index is 0.0147. The number of hydrogen-bond donors (Lipinski definition) is 1. The zero-order valence-corrected chi connectivity index (χ0v) is 13.2. The van der Waals surface area contributed by atoms with Crippen LogP contribution in [0.1, 0.15) is 51.4 Å². The molecule has 2 saturated carbocycles. The normalized spacial score (nSPS) is 35.7. The highest BCUT2D eigenvalue weighted by molar-refractivity contribution is 5.79. The van der Waals surface area contributed by atoms with E-state index in [9.17, 15) is 9.59 Å². The third kappa shape index (κ3) is 3.62. The van der Waals surface area contributed by atoms with E-state index in [0.29, 0.717) is 19.7 Å². The number of nitrogens with zero attached hydrogens (tertiary/aromatic N) is 1. The van der Waals surface area contributed by atoms with E-state index in [0.717, 1.165) is 24.7 Å². The molecule has 4 atom stereocenters. The number of rotatable bonds is 3. The number of carbonyl (C=O) groups excluding carboxylic acids is 1. The molecule has 1 amide bonds. The van der Waals surface area contributed by atoms with Gasteiger partial charge < -0.3 is 14.7 Å². The number of hydrogen-bond acceptors (Lipinski definition) is 3. The van der Waals surface area contributed by atoms with Crippen molar-refractivity contribution in [1.82, 2.24) is 4.90 Å². The summed E-state index contributed by atoms with van der Waals surface area (Å²) < 4.78 is 5.47. The Balaban J connectivity index is 1.55. The Labute approximate surface area is 132 Å². The van der Waals surface area contributed by atoms with Crippen LogP contribution in [0.2, 0.25) is 0 Å². The van der Waals surface area contributed by atoms with Gasteiger partial charge in [0.15, 0.2) is 0 Å². The van der Waals surface area contributed by atoms with Crippen molar-refractivity contribution in [3.05, 3.63) is 0 Å². The number of morpholine rings is 1. The number of carboxylic acid groups (broad SMARTS) is 1. The van der Waals surface area contributed by atoms with Crippen LogP contribution in [0.4, 0.5) is 0 Å². The van der Waals surface area contributed by atoms with Gasteiger partial charge in [0.1, 0.15) is 0 Å². The van der Waals surface area contributed by atoms with Crippen molar-refractivity contribution in [3.63, 3.8) is 0 Å². The minimum Gasteiger partial charge on any atom is -0.481 e. The van der Waals surface area contributed by atoms with E-state index in [-0.39, 0.29) is 24.3 Å². The summed E-state index contributed by atoms with van der Waals surface area (Å²) in [6.07, 6.45) is 8.22. The summed E-state index contributed by atoms with van der Waals surface area (Å²) in [5.74, 6) is 1.13. The van der Waals surface area contributed by atoms with Gasteiger partial charge in [-0.2, -0.15) is 0 Å². The SMILES string of the molecule is O=C(O)CC1CN(C(=O)C2CCC3CCCCC3C2)CCO1. The number of ether oxygens (including phenoxy) is 1. The maximum Gasteiger partial charge on any atom is 0.306 e. The Morgan fingerprint density at radius 1 is 1.09 bits per heavy atom. The van der Waals surface area contributed by atoms with E-state index in [2.05, 4.69) is 0 Å². The lowest BCUT2D eigenvalue weighted by Gasteiger charge is -2.41. The summed E-state index contributed by atoms with van der Waals surface area (Å²) in [4.78, 5) is 25.5. The molecule has 0 aromatic heterocycles. The third-order valence-electron chi connectivity index (χ3n) is 5.74. The molecule has 0 aromatic rings. The number of fused-ring (bicyclic) bond motifs is 1. The number of carbonyl (C=O) groups is 2. The average Bonchev–Trinajstić information content (AvgIpc) is 2.53. The minimum atomic E-state index is -0.859. The third-order valence-corrected chi connectivity index (χ3v) is 5.74. The first-order valence-corrected chi connectivity index (χ1v) is 8.75. The molecule has 1 heterocycles. The second-order valence-electron chi connectivity index (χ2n) is 7.19. The fourth-order valence-electron chi connectivity index (χ4n) is 4.59. The van der Waals surface area contributed by atoms with Crippen LogP contribution in [-0.2, 0) is 14.3 Å². The average molecular weight is 309 g/mol. The highest BCUT2D eigenvalue weighted by Gasteiger charge is 2.37. The molecular weight excluding hydrogens is 282 g/mol. The molecule has 22 heavy (non-hydrogen) atoms. The monoisotopic (exact) mass is 309 g/mol. The van der Waals surface area contributed by atoms with Crippen molar-refractivity contribution in [1.29, 1.82) is 0 Å². The van der Waals surface area contributed by atoms with Gasteiger partial charge in [-0.1, -0.05) is 25.7 Å². The largest absolute Gasteiger partial charge is 0.481 e. The van der Waals surface area contributed by atoms with Crippen molar-refractivity contribution in [2.75, 3.05) is 19.7 Å². The van der Waals surface area contributed by atoms with Crippen LogP contribution in [0.5, 0.6) is 0 Å². The maximum atomic E-state index is 12.8. The molecule has 5 nitrogen and oxygen atoms in total. The van der Waals surface area contributed by atoms with Crippen molar-refractivity contribution in [3.8, 4) is 0 Å². The predicted molar refractivity (Wildman–Crippen MR) is 81.4 cm³/mol. The molecule has 0 radical (unpaired) electrons. The second-order valence-corrected chi connectivity index (χ2v) is 7.19. The Kier molecular flexibility index (Phi) is 5.01. The van der Waals surface area contributed by atoms with E-state index < -0.39 is 5.97 Å². The summed E-state index contributed by atoms with van der Waals surface area (Å²) in [6.45, 7) is 1.51. The standard InChI is InChI=1S/C17H27NO4/c19-16(20)10-15-11-18(7-8-22-15)17(21)14-6-5-12-3-1-2-4-13(12)9-14/h12-15H,1-11H2,(H,19,20). The molecule has 3 rings (SSSR count). The molecule has 5 heteroatoms. The molecule has 3 aliphatic rings. The zero-order valence-electron chi connectivity index (χ0n) is 13.2. The van der Waals surface area contributed by atoms with Crippen LogP contribution in [0.15, 0.2) is 0 Å². The summed E-state index contributed by atoms with van der Waals surface area (Å²) >= 11 is 0. The van der Waals surface area contributed by atoms with Crippen LogP contribution < -0.4 is 0 Å². The van der Waals surface area contributed by atoms with Gasteiger partial charge in [0, 0.05) is 19.0 Å². The van der Waals surface area contributed by atoms with E-state index in [1.807, 2.05) is 4.90 Å². The van der Waals surface area contributed by atoms with E-state index in [4.69, 9.17) is 9.84 Å². The number of aliphatic carboxylic acids is 1. The van der Waals surface area contributed by atoms with Gasteiger partial charge in [-0.3, -0.25) is 9.59 Å². The second kappa shape index (κ2) is 6.99. The molecule has 124 valence electrons. The summed E-state index contributed by atoms with van der Waals surface area (Å²) in [5.41, 5.74) is 0. The fourth-order valence-corrected chi connectivity index (χ4v) is 4.59. The van der Waals surface area contributed by atoms with Crippen molar-refractivity contribution < 1.29 is 19.4 Å². The molecule has 0 spiro atoms. The molecule has 4 unspecified atom stereocenters. The van der Waals surface area contributed by atoms with E-state index in [1.165, 1.54) is 32.1 Å². The Bertz CT molecular complexity index is 425. The highest BCUT2D eigenvalue weighted by atomic mass is 16.5. The lowest BCUT2D eigenvalue weighted by atomic mass is 9.67. The van der Waals surface area contributed by atoms with Gasteiger partial charge in [-0.05, 0) is 31.1 Å².